The van der Waals surface area contributed by atoms with Gasteiger partial charge in [0, 0.05) is 17.2 Å². The van der Waals surface area contributed by atoms with Crippen LogP contribution in [0.2, 0.25) is 0 Å². The molecular weight excluding hydrogens is 596 g/mol. The largest absolute Gasteiger partial charge is 0.508 e. The predicted octanol–water partition coefficient (Wildman–Crippen LogP) is -2.50. The molecule has 0 spiro atoms. The van der Waals surface area contributed by atoms with Crippen LogP contribution in [0.5, 0.6) is 11.5 Å². The van der Waals surface area contributed by atoms with Crippen molar-refractivity contribution in [1.29, 1.82) is 0 Å². The number of carboxylic acids is 2. The van der Waals surface area contributed by atoms with Crippen LogP contribution in [0.1, 0.15) is 5.56 Å². The highest BCUT2D eigenvalue weighted by Crippen LogP contribution is 2.44. The molecule has 2 aliphatic heterocycles. The number of carboxylic acid groups (broad SMARTS) is 2. The molecule has 0 amide bonds. The van der Waals surface area contributed by atoms with Gasteiger partial charge in [-0.15, -0.1) is 0 Å². The number of benzene rings is 2. The van der Waals surface area contributed by atoms with Gasteiger partial charge in [0.25, 0.3) is 0 Å². The van der Waals surface area contributed by atoms with Crippen LogP contribution < -0.4 is 5.43 Å². The molecule has 2 saturated heterocycles. The van der Waals surface area contributed by atoms with Gasteiger partial charge in [-0.2, -0.15) is 0 Å². The Hall–Kier alpha value is -4.17. The number of aliphatic hydroxyl groups is 6. The maximum absolute atomic E-state index is 13.0. The smallest absolute Gasteiger partial charge is 0.335 e. The summed E-state index contributed by atoms with van der Waals surface area (Å²) in [7, 11) is 0. The van der Waals surface area contributed by atoms with Crippen LogP contribution in [-0.4, -0.2) is 118 Å². The summed E-state index contributed by atoms with van der Waals surface area (Å²) in [6.07, 6.45) is -20.7. The molecule has 17 nitrogen and oxygen atoms in total. The SMILES string of the molecule is O=C(O)C1OC(OC2(c3cc(O)c4c(=O)cc(-c5ccc(O)cc5)oc4c3)OC(C(=O)O)C(O)C(O)C2O)C(O)C(O)C1O. The van der Waals surface area contributed by atoms with E-state index < -0.39 is 101 Å². The van der Waals surface area contributed by atoms with Gasteiger partial charge in [0.2, 0.25) is 5.79 Å². The Morgan fingerprint density at radius 3 is 2.00 bits per heavy atom. The van der Waals surface area contributed by atoms with Crippen LogP contribution in [0.25, 0.3) is 22.3 Å². The summed E-state index contributed by atoms with van der Waals surface area (Å²) >= 11 is 0. The quantitative estimate of drug-likeness (QED) is 0.136. The molecule has 236 valence electrons. The number of phenols is 2. The number of fused-ring (bicyclic) bond motifs is 1. The maximum atomic E-state index is 13.0. The molecule has 0 bridgehead atoms. The second-order valence-corrected chi connectivity index (χ2v) is 10.2. The van der Waals surface area contributed by atoms with E-state index in [2.05, 4.69) is 0 Å². The number of ether oxygens (including phenoxy) is 3. The van der Waals surface area contributed by atoms with Gasteiger partial charge in [-0.25, -0.2) is 9.59 Å². The number of rotatable bonds is 6. The van der Waals surface area contributed by atoms with E-state index in [4.69, 9.17) is 18.6 Å². The van der Waals surface area contributed by atoms with E-state index in [-0.39, 0.29) is 11.5 Å². The van der Waals surface area contributed by atoms with Gasteiger partial charge in [0.05, 0.1) is 0 Å². The van der Waals surface area contributed by atoms with Crippen LogP contribution >= 0.6 is 0 Å². The molecule has 0 aliphatic carbocycles. The van der Waals surface area contributed by atoms with E-state index in [0.717, 1.165) is 18.2 Å². The lowest BCUT2D eigenvalue weighted by molar-refractivity contribution is -0.423. The summed E-state index contributed by atoms with van der Waals surface area (Å²) in [6.45, 7) is 0. The zero-order valence-corrected chi connectivity index (χ0v) is 22.1. The molecule has 0 radical (unpaired) electrons. The Labute approximate surface area is 244 Å². The van der Waals surface area contributed by atoms with E-state index >= 15 is 0 Å². The molecule has 44 heavy (non-hydrogen) atoms. The highest BCUT2D eigenvalue weighted by atomic mass is 16.8. The fourth-order valence-corrected chi connectivity index (χ4v) is 5.08. The number of hydrogen-bond acceptors (Lipinski definition) is 15. The van der Waals surface area contributed by atoms with Gasteiger partial charge in [0.1, 0.15) is 64.9 Å². The Kier molecular flexibility index (Phi) is 8.10. The third-order valence-electron chi connectivity index (χ3n) is 7.39. The van der Waals surface area contributed by atoms with Crippen LogP contribution in [0.3, 0.4) is 0 Å². The van der Waals surface area contributed by atoms with Crippen molar-refractivity contribution in [1.82, 2.24) is 0 Å². The fraction of sp³-hybridized carbons (Fsp3) is 0.370. The molecule has 17 heteroatoms. The van der Waals surface area contributed by atoms with Gasteiger partial charge < -0.3 is 69.7 Å². The number of aliphatic hydroxyl groups excluding tert-OH is 6. The van der Waals surface area contributed by atoms with Crippen molar-refractivity contribution in [3.05, 3.63) is 58.3 Å². The molecule has 3 heterocycles. The minimum Gasteiger partial charge on any atom is -0.508 e. The first-order valence-corrected chi connectivity index (χ1v) is 12.8. The highest BCUT2D eigenvalue weighted by Gasteiger charge is 2.61. The summed E-state index contributed by atoms with van der Waals surface area (Å²) < 4.78 is 22.0. The number of phenolic OH excluding ortho intramolecular Hbond substituents is 2. The second kappa shape index (κ2) is 11.4. The zero-order valence-electron chi connectivity index (χ0n) is 22.1. The number of aliphatic carboxylic acids is 2. The van der Waals surface area contributed by atoms with Crippen molar-refractivity contribution in [2.45, 2.75) is 60.9 Å². The highest BCUT2D eigenvalue weighted by molar-refractivity contribution is 5.85. The summed E-state index contributed by atoms with van der Waals surface area (Å²) in [6, 6.07) is 8.11. The molecule has 10 N–H and O–H groups in total. The van der Waals surface area contributed by atoms with Gasteiger partial charge in [-0.3, -0.25) is 4.79 Å². The van der Waals surface area contributed by atoms with Crippen molar-refractivity contribution in [3.63, 3.8) is 0 Å². The van der Waals surface area contributed by atoms with Crippen molar-refractivity contribution in [2.24, 2.45) is 0 Å². The molecular formula is C27H26O17. The second-order valence-electron chi connectivity index (χ2n) is 10.2. The molecule has 2 aromatic carbocycles. The van der Waals surface area contributed by atoms with Crippen LogP contribution in [0.15, 0.2) is 51.7 Å². The topological polar surface area (TPSA) is 294 Å². The zero-order chi connectivity index (χ0) is 32.2. The third-order valence-corrected chi connectivity index (χ3v) is 7.39. The lowest BCUT2D eigenvalue weighted by Crippen LogP contribution is -2.68. The van der Waals surface area contributed by atoms with Gasteiger partial charge in [-0.05, 0) is 36.4 Å². The minimum atomic E-state index is -3.06. The van der Waals surface area contributed by atoms with E-state index in [1.165, 1.54) is 24.3 Å². The molecule has 5 rings (SSSR count). The standard InChI is InChI=1S/C27H26O17/c28-10-3-1-8(2-4-10)13-7-12(30)15-11(29)5-9(6-14(15)41-13)27(23(36)19(34)18(33)22(43-27)25(39)40)44-26-20(35)16(31)17(32)21(42-26)24(37)38/h1-7,16-23,26,28-29,31-36H,(H,37,38)(H,39,40). The lowest BCUT2D eigenvalue weighted by Gasteiger charge is -2.50. The van der Waals surface area contributed by atoms with Crippen molar-refractivity contribution >= 4 is 22.9 Å². The van der Waals surface area contributed by atoms with Crippen molar-refractivity contribution < 1.29 is 79.3 Å². The summed E-state index contributed by atoms with van der Waals surface area (Å²) in [5.74, 6) is -7.77. The summed E-state index contributed by atoms with van der Waals surface area (Å²) in [5.41, 5.74) is -1.49. The Morgan fingerprint density at radius 2 is 1.39 bits per heavy atom. The van der Waals surface area contributed by atoms with Crippen molar-refractivity contribution in [3.8, 4) is 22.8 Å². The number of hydrogen-bond donors (Lipinski definition) is 10. The lowest BCUT2D eigenvalue weighted by atomic mass is 9.87. The first-order chi connectivity index (χ1) is 20.7. The van der Waals surface area contributed by atoms with E-state index in [1.807, 2.05) is 0 Å². The monoisotopic (exact) mass is 622 g/mol. The Morgan fingerprint density at radius 1 is 0.773 bits per heavy atom. The average Bonchev–Trinajstić information content (AvgIpc) is 2.97. The number of aromatic hydroxyl groups is 2. The van der Waals surface area contributed by atoms with Crippen LogP contribution in [0.4, 0.5) is 0 Å². The minimum absolute atomic E-state index is 0.0783. The molecule has 2 aliphatic rings. The van der Waals surface area contributed by atoms with E-state index in [1.54, 1.807) is 0 Å². The Bertz CT molecular complexity index is 1640. The van der Waals surface area contributed by atoms with Gasteiger partial charge in [-0.1, -0.05) is 0 Å². The average molecular weight is 622 g/mol. The summed E-state index contributed by atoms with van der Waals surface area (Å²) in [5, 5.41) is 102. The van der Waals surface area contributed by atoms with Crippen molar-refractivity contribution in [2.75, 3.05) is 0 Å². The molecule has 0 saturated carbocycles. The molecule has 2 fully saturated rings. The third kappa shape index (κ3) is 5.15. The maximum Gasteiger partial charge on any atom is 0.335 e. The van der Waals surface area contributed by atoms with Crippen LogP contribution in [-0.2, 0) is 29.6 Å². The Balaban J connectivity index is 1.71. The predicted molar refractivity (Wildman–Crippen MR) is 139 cm³/mol. The summed E-state index contributed by atoms with van der Waals surface area (Å²) in [4.78, 5) is 36.6. The molecule has 1 aromatic heterocycles. The van der Waals surface area contributed by atoms with E-state index in [9.17, 15) is 65.4 Å². The van der Waals surface area contributed by atoms with Crippen LogP contribution in [0, 0.1) is 0 Å². The first-order valence-electron chi connectivity index (χ1n) is 12.8. The first kappa shape index (κ1) is 31.3. The molecule has 10 atom stereocenters. The fourth-order valence-electron chi connectivity index (χ4n) is 5.08. The molecule has 3 aromatic rings. The normalized spacial score (nSPS) is 34.1. The van der Waals surface area contributed by atoms with E-state index in [0.29, 0.717) is 5.56 Å². The number of carbonyl (C=O) groups is 2. The molecule has 10 unspecified atom stereocenters. The van der Waals surface area contributed by atoms with Gasteiger partial charge in [0.15, 0.2) is 23.9 Å². The van der Waals surface area contributed by atoms with Gasteiger partial charge >= 0.3 is 11.9 Å².